The third kappa shape index (κ3) is 2.79. The highest BCUT2D eigenvalue weighted by Gasteiger charge is 2.15. The minimum absolute atomic E-state index is 0.231. The number of aromatic nitrogens is 2. The summed E-state index contributed by atoms with van der Waals surface area (Å²) >= 11 is 0. The van der Waals surface area contributed by atoms with Crippen molar-refractivity contribution < 1.29 is 4.39 Å². The molecule has 1 aromatic heterocycles. The van der Waals surface area contributed by atoms with E-state index >= 15 is 0 Å². The Balaban J connectivity index is 1.91. The van der Waals surface area contributed by atoms with Crippen molar-refractivity contribution in [3.05, 3.63) is 52.7 Å². The van der Waals surface area contributed by atoms with Gasteiger partial charge in [0.15, 0.2) is 0 Å². The van der Waals surface area contributed by atoms with Gasteiger partial charge in [0, 0.05) is 17.7 Å². The molecule has 4 heteroatoms. The summed E-state index contributed by atoms with van der Waals surface area (Å²) in [6.07, 6.45) is 6.00. The van der Waals surface area contributed by atoms with Crippen LogP contribution in [0.2, 0.25) is 0 Å². The summed E-state index contributed by atoms with van der Waals surface area (Å²) in [5.41, 5.74) is 9.14. The summed E-state index contributed by atoms with van der Waals surface area (Å²) in [6, 6.07) is 6.55. The molecule has 1 aromatic carbocycles. The van der Waals surface area contributed by atoms with Gasteiger partial charge in [-0.25, -0.2) is 14.4 Å². The van der Waals surface area contributed by atoms with Gasteiger partial charge in [-0.15, -0.1) is 0 Å². The van der Waals surface area contributed by atoms with E-state index in [-0.39, 0.29) is 5.82 Å². The van der Waals surface area contributed by atoms with Crippen LogP contribution in [0, 0.1) is 5.82 Å². The summed E-state index contributed by atoms with van der Waals surface area (Å²) in [6.45, 7) is 0. The Labute approximate surface area is 118 Å². The van der Waals surface area contributed by atoms with Crippen LogP contribution in [0.5, 0.6) is 0 Å². The van der Waals surface area contributed by atoms with Gasteiger partial charge in [-0.2, -0.15) is 0 Å². The van der Waals surface area contributed by atoms with Crippen molar-refractivity contribution in [1.82, 2.24) is 9.97 Å². The van der Waals surface area contributed by atoms with Gasteiger partial charge in [0.25, 0.3) is 0 Å². The Morgan fingerprint density at radius 3 is 2.80 bits per heavy atom. The topological polar surface area (TPSA) is 51.8 Å². The number of nitrogens with two attached hydrogens (primary N) is 1. The van der Waals surface area contributed by atoms with Gasteiger partial charge >= 0.3 is 0 Å². The molecule has 0 spiro atoms. The molecule has 2 aromatic rings. The maximum atomic E-state index is 13.2. The van der Waals surface area contributed by atoms with E-state index < -0.39 is 0 Å². The monoisotopic (exact) mass is 271 g/mol. The molecule has 0 saturated carbocycles. The van der Waals surface area contributed by atoms with Crippen molar-refractivity contribution in [2.75, 3.05) is 5.73 Å². The molecule has 104 valence electrons. The highest BCUT2D eigenvalue weighted by molar-refractivity contribution is 5.43. The Morgan fingerprint density at radius 2 is 1.95 bits per heavy atom. The normalized spacial score (nSPS) is 14.7. The fourth-order valence-electron chi connectivity index (χ4n) is 2.76. The summed E-state index contributed by atoms with van der Waals surface area (Å²) < 4.78 is 13.2. The van der Waals surface area contributed by atoms with E-state index in [0.717, 1.165) is 42.5 Å². The molecule has 0 unspecified atom stereocenters. The van der Waals surface area contributed by atoms with Crippen LogP contribution in [0.15, 0.2) is 24.3 Å². The molecule has 0 radical (unpaired) electrons. The first-order chi connectivity index (χ1) is 9.72. The van der Waals surface area contributed by atoms with Crippen molar-refractivity contribution in [3.8, 4) is 0 Å². The molecule has 0 bridgehead atoms. The average Bonchev–Trinajstić information content (AvgIpc) is 2.64. The summed E-state index contributed by atoms with van der Waals surface area (Å²) in [5, 5.41) is 0. The minimum atomic E-state index is -0.231. The van der Waals surface area contributed by atoms with Crippen LogP contribution in [0.3, 0.4) is 0 Å². The van der Waals surface area contributed by atoms with Gasteiger partial charge in [-0.1, -0.05) is 18.6 Å². The predicted octanol–water partition coefficient (Wildman–Crippen LogP) is 3.06. The summed E-state index contributed by atoms with van der Waals surface area (Å²) in [4.78, 5) is 9.04. The zero-order valence-corrected chi connectivity index (χ0v) is 11.4. The Kier molecular flexibility index (Phi) is 3.63. The van der Waals surface area contributed by atoms with Crippen molar-refractivity contribution in [1.29, 1.82) is 0 Å². The molecule has 0 aliphatic heterocycles. The predicted molar refractivity (Wildman–Crippen MR) is 76.9 cm³/mol. The van der Waals surface area contributed by atoms with E-state index in [1.165, 1.54) is 18.6 Å². The van der Waals surface area contributed by atoms with Gasteiger partial charge < -0.3 is 5.73 Å². The quantitative estimate of drug-likeness (QED) is 0.854. The molecule has 0 saturated heterocycles. The second-order valence-corrected chi connectivity index (χ2v) is 5.32. The van der Waals surface area contributed by atoms with E-state index in [0.29, 0.717) is 18.1 Å². The molecular formula is C16H18FN3. The first-order valence-electron chi connectivity index (χ1n) is 7.11. The third-order valence-electron chi connectivity index (χ3n) is 3.76. The van der Waals surface area contributed by atoms with Crippen molar-refractivity contribution >= 4 is 5.82 Å². The highest BCUT2D eigenvalue weighted by atomic mass is 19.1. The zero-order valence-electron chi connectivity index (χ0n) is 11.4. The lowest BCUT2D eigenvalue weighted by molar-refractivity contribution is 0.625. The van der Waals surface area contributed by atoms with Crippen LogP contribution in [-0.4, -0.2) is 9.97 Å². The van der Waals surface area contributed by atoms with Crippen LogP contribution >= 0.6 is 0 Å². The van der Waals surface area contributed by atoms with Gasteiger partial charge in [0.1, 0.15) is 17.5 Å². The fourth-order valence-corrected chi connectivity index (χ4v) is 2.76. The maximum Gasteiger partial charge on any atom is 0.135 e. The Bertz CT molecular complexity index is 625. The second-order valence-electron chi connectivity index (χ2n) is 5.32. The molecule has 3 nitrogen and oxygen atoms in total. The summed E-state index contributed by atoms with van der Waals surface area (Å²) in [5.74, 6) is 1.06. The van der Waals surface area contributed by atoms with Crippen molar-refractivity contribution in [3.63, 3.8) is 0 Å². The number of nitrogens with zero attached hydrogens (tertiary/aromatic N) is 2. The lowest BCUT2D eigenvalue weighted by Crippen LogP contribution is -2.09. The van der Waals surface area contributed by atoms with Crippen LogP contribution in [0.25, 0.3) is 0 Å². The molecule has 0 fully saturated rings. The Morgan fingerprint density at radius 1 is 1.10 bits per heavy atom. The van der Waals surface area contributed by atoms with Gasteiger partial charge in [0.05, 0.1) is 0 Å². The highest BCUT2D eigenvalue weighted by Crippen LogP contribution is 2.23. The van der Waals surface area contributed by atoms with E-state index in [2.05, 4.69) is 9.97 Å². The number of fused-ring (bicyclic) bond motifs is 1. The SMILES string of the molecule is Nc1nc(Cc2cccc(F)c2)nc2c1CCCCC2. The Hall–Kier alpha value is -1.97. The molecule has 0 amide bonds. The molecule has 20 heavy (non-hydrogen) atoms. The minimum Gasteiger partial charge on any atom is -0.383 e. The number of nitrogen functional groups attached to an aromatic ring is 1. The first kappa shape index (κ1) is 13.0. The first-order valence-corrected chi connectivity index (χ1v) is 7.11. The number of benzene rings is 1. The molecule has 1 heterocycles. The van der Waals surface area contributed by atoms with E-state index in [1.807, 2.05) is 6.07 Å². The second kappa shape index (κ2) is 5.57. The van der Waals surface area contributed by atoms with E-state index in [4.69, 9.17) is 5.73 Å². The molecule has 3 rings (SSSR count). The summed E-state index contributed by atoms with van der Waals surface area (Å²) in [7, 11) is 0. The van der Waals surface area contributed by atoms with Gasteiger partial charge in [-0.3, -0.25) is 0 Å². The smallest absolute Gasteiger partial charge is 0.135 e. The maximum absolute atomic E-state index is 13.2. The number of aryl methyl sites for hydroxylation is 1. The number of hydrogen-bond donors (Lipinski definition) is 1. The fraction of sp³-hybridized carbons (Fsp3) is 0.375. The lowest BCUT2D eigenvalue weighted by atomic mass is 10.1. The number of halogens is 1. The molecule has 2 N–H and O–H groups in total. The number of rotatable bonds is 2. The van der Waals surface area contributed by atoms with Gasteiger partial charge in [-0.05, 0) is 43.4 Å². The van der Waals surface area contributed by atoms with Gasteiger partial charge in [0.2, 0.25) is 0 Å². The number of hydrogen-bond acceptors (Lipinski definition) is 3. The molecule has 0 atom stereocenters. The van der Waals surface area contributed by atoms with Crippen LogP contribution in [-0.2, 0) is 19.3 Å². The van der Waals surface area contributed by atoms with Crippen LogP contribution in [0.1, 0.15) is 41.9 Å². The van der Waals surface area contributed by atoms with E-state index in [9.17, 15) is 4.39 Å². The largest absolute Gasteiger partial charge is 0.383 e. The number of anilines is 1. The molecule has 1 aliphatic rings. The van der Waals surface area contributed by atoms with Crippen molar-refractivity contribution in [2.45, 2.75) is 38.5 Å². The average molecular weight is 271 g/mol. The van der Waals surface area contributed by atoms with Crippen molar-refractivity contribution in [2.24, 2.45) is 0 Å². The lowest BCUT2D eigenvalue weighted by Gasteiger charge is -2.10. The third-order valence-corrected chi connectivity index (χ3v) is 3.76. The van der Waals surface area contributed by atoms with E-state index in [1.54, 1.807) is 6.07 Å². The molecular weight excluding hydrogens is 253 g/mol. The standard InChI is InChI=1S/C16H18FN3/c17-12-6-4-5-11(9-12)10-15-19-14-8-3-1-2-7-13(14)16(18)20-15/h4-6,9H,1-3,7-8,10H2,(H2,18,19,20). The van der Waals surface area contributed by atoms with Crippen LogP contribution in [0.4, 0.5) is 10.2 Å². The van der Waals surface area contributed by atoms with Crippen LogP contribution < -0.4 is 5.73 Å². The zero-order chi connectivity index (χ0) is 13.9. The molecule has 1 aliphatic carbocycles.